The Hall–Kier alpha value is -6.36. The second-order valence-corrected chi connectivity index (χ2v) is 11.6. The minimum absolute atomic E-state index is 0.282. The number of rotatable bonds is 9. The van der Waals surface area contributed by atoms with Crippen LogP contribution in [0.1, 0.15) is 23.2 Å². The van der Waals surface area contributed by atoms with Crippen molar-refractivity contribution in [3.05, 3.63) is 145 Å². The van der Waals surface area contributed by atoms with Crippen molar-refractivity contribution in [1.29, 1.82) is 0 Å². The number of carbonyl (C=O) groups is 4. The molecule has 0 heterocycles. The lowest BCUT2D eigenvalue weighted by Crippen LogP contribution is -2.39. The minimum Gasteiger partial charge on any atom is -0.394 e. The first-order chi connectivity index (χ1) is 24.4. The lowest BCUT2D eigenvalue weighted by Gasteiger charge is -2.21. The summed E-state index contributed by atoms with van der Waals surface area (Å²) < 4.78 is 0. The summed E-state index contributed by atoms with van der Waals surface area (Å²) >= 11 is 0. The molecule has 0 saturated carbocycles. The van der Waals surface area contributed by atoms with Crippen LogP contribution in [-0.4, -0.2) is 47.1 Å². The van der Waals surface area contributed by atoms with Gasteiger partial charge in [-0.3, -0.25) is 19.2 Å². The molecule has 10 heteroatoms. The van der Waals surface area contributed by atoms with E-state index in [-0.39, 0.29) is 11.4 Å². The molecule has 6 aromatic carbocycles. The van der Waals surface area contributed by atoms with Crippen LogP contribution in [0.25, 0.3) is 32.7 Å². The van der Waals surface area contributed by atoms with Crippen LogP contribution in [0.15, 0.2) is 133 Å². The summed E-state index contributed by atoms with van der Waals surface area (Å²) in [4.78, 5) is 53.2. The molecular formula is C40H34N4O6. The minimum atomic E-state index is -0.961. The van der Waals surface area contributed by atoms with Gasteiger partial charge in [-0.15, -0.1) is 0 Å². The molecule has 0 saturated heterocycles. The molecule has 0 aliphatic carbocycles. The molecule has 2 atom stereocenters. The quantitative estimate of drug-likeness (QED) is 0.116. The number of hydrogen-bond donors (Lipinski definition) is 6. The Morgan fingerprint density at radius 1 is 0.440 bits per heavy atom. The Morgan fingerprint density at radius 3 is 1.18 bits per heavy atom. The molecule has 0 aromatic heterocycles. The smallest absolute Gasteiger partial charge is 0.313 e. The highest BCUT2D eigenvalue weighted by Crippen LogP contribution is 2.43. The van der Waals surface area contributed by atoms with Crippen LogP contribution >= 0.6 is 0 Å². The number of hydrogen-bond acceptors (Lipinski definition) is 6. The fraction of sp³-hybridized carbons (Fsp3) is 0.100. The van der Waals surface area contributed by atoms with Crippen molar-refractivity contribution in [2.24, 2.45) is 0 Å². The fourth-order valence-corrected chi connectivity index (χ4v) is 5.94. The maximum absolute atomic E-state index is 13.4. The number of fused-ring (bicyclic) bond motifs is 2. The number of anilines is 2. The molecule has 50 heavy (non-hydrogen) atoms. The molecule has 0 aliphatic heterocycles. The number of aliphatic hydroxyl groups excluding tert-OH is 2. The van der Waals surface area contributed by atoms with E-state index in [0.29, 0.717) is 33.0 Å². The SMILES string of the molecule is O=C(Nc1ccc2ccccc2c1-c1c(NC(=O)C(=O)N[C@H](CO)c2ccccc2)ccc2ccccc12)C(=O)N[C@H](CO)c1ccccc1. The van der Waals surface area contributed by atoms with Crippen LogP contribution in [0.4, 0.5) is 11.4 Å². The van der Waals surface area contributed by atoms with Gasteiger partial charge in [0, 0.05) is 22.5 Å². The van der Waals surface area contributed by atoms with Gasteiger partial charge in [0.15, 0.2) is 0 Å². The number of carbonyl (C=O) groups excluding carboxylic acids is 4. The highest BCUT2D eigenvalue weighted by atomic mass is 16.3. The van der Waals surface area contributed by atoms with E-state index in [2.05, 4.69) is 21.3 Å². The van der Waals surface area contributed by atoms with Crippen LogP contribution in [0.3, 0.4) is 0 Å². The standard InChI is InChI=1S/C40H34N4O6/c45-23-33(27-13-3-1-4-14-27)43-39(49)37(47)41-31-21-19-25-11-7-9-17-29(25)35(31)36-30-18-10-8-12-26(30)20-22-32(36)42-38(48)40(50)44-34(24-46)28-15-5-2-6-16-28/h1-22,33-34,45-46H,23-24H2,(H,41,47)(H,42,48)(H,43,49)(H,44,50)/t33-,34-/m1/s1. The van der Waals surface area contributed by atoms with E-state index in [1.807, 2.05) is 60.7 Å². The van der Waals surface area contributed by atoms with Gasteiger partial charge in [0.25, 0.3) is 0 Å². The maximum atomic E-state index is 13.4. The van der Waals surface area contributed by atoms with Gasteiger partial charge in [0.1, 0.15) is 0 Å². The van der Waals surface area contributed by atoms with Gasteiger partial charge in [-0.25, -0.2) is 0 Å². The fourth-order valence-electron chi connectivity index (χ4n) is 5.94. The zero-order chi connectivity index (χ0) is 35.0. The summed E-state index contributed by atoms with van der Waals surface area (Å²) in [5.74, 6) is -3.83. The molecule has 6 rings (SSSR count). The molecule has 0 radical (unpaired) electrons. The first kappa shape index (κ1) is 33.5. The van der Waals surface area contributed by atoms with Crippen molar-refractivity contribution in [2.75, 3.05) is 23.8 Å². The number of aliphatic hydroxyl groups is 2. The van der Waals surface area contributed by atoms with Crippen LogP contribution in [0, 0.1) is 0 Å². The Balaban J connectivity index is 1.38. The van der Waals surface area contributed by atoms with Crippen molar-refractivity contribution in [3.63, 3.8) is 0 Å². The third-order valence-corrected chi connectivity index (χ3v) is 8.40. The van der Waals surface area contributed by atoms with Gasteiger partial charge in [-0.1, -0.05) is 121 Å². The van der Waals surface area contributed by atoms with Crippen LogP contribution in [0.5, 0.6) is 0 Å². The topological polar surface area (TPSA) is 157 Å². The first-order valence-corrected chi connectivity index (χ1v) is 16.0. The number of amides is 4. The number of nitrogens with one attached hydrogen (secondary N) is 4. The lowest BCUT2D eigenvalue weighted by molar-refractivity contribution is -0.136. The molecule has 0 unspecified atom stereocenters. The van der Waals surface area contributed by atoms with Crippen LogP contribution < -0.4 is 21.3 Å². The van der Waals surface area contributed by atoms with Crippen molar-refractivity contribution < 1.29 is 29.4 Å². The molecule has 6 N–H and O–H groups in total. The summed E-state index contributed by atoms with van der Waals surface area (Å²) in [6, 6.07) is 38.0. The zero-order valence-corrected chi connectivity index (χ0v) is 26.8. The van der Waals surface area contributed by atoms with Crippen LogP contribution in [0.2, 0.25) is 0 Å². The highest BCUT2D eigenvalue weighted by molar-refractivity contribution is 6.41. The maximum Gasteiger partial charge on any atom is 0.313 e. The lowest BCUT2D eigenvalue weighted by atomic mass is 9.91. The highest BCUT2D eigenvalue weighted by Gasteiger charge is 2.25. The molecule has 0 bridgehead atoms. The van der Waals surface area contributed by atoms with Crippen molar-refractivity contribution in [3.8, 4) is 11.1 Å². The third kappa shape index (κ3) is 7.21. The molecule has 250 valence electrons. The normalized spacial score (nSPS) is 12.1. The van der Waals surface area contributed by atoms with Gasteiger partial charge in [-0.2, -0.15) is 0 Å². The van der Waals surface area contributed by atoms with E-state index in [0.717, 1.165) is 10.8 Å². The second kappa shape index (κ2) is 15.2. The van der Waals surface area contributed by atoms with E-state index >= 15 is 0 Å². The largest absolute Gasteiger partial charge is 0.394 e. The van der Waals surface area contributed by atoms with E-state index in [1.165, 1.54) is 0 Å². The molecule has 10 nitrogen and oxygen atoms in total. The van der Waals surface area contributed by atoms with Gasteiger partial charge >= 0.3 is 23.6 Å². The van der Waals surface area contributed by atoms with Crippen LogP contribution in [-0.2, 0) is 19.2 Å². The van der Waals surface area contributed by atoms with Crippen molar-refractivity contribution in [1.82, 2.24) is 10.6 Å². The van der Waals surface area contributed by atoms with E-state index in [4.69, 9.17) is 0 Å². The van der Waals surface area contributed by atoms with Gasteiger partial charge < -0.3 is 31.5 Å². The van der Waals surface area contributed by atoms with Gasteiger partial charge in [0.05, 0.1) is 25.3 Å². The molecule has 0 spiro atoms. The molecule has 0 aliphatic rings. The third-order valence-electron chi connectivity index (χ3n) is 8.40. The zero-order valence-electron chi connectivity index (χ0n) is 26.8. The Morgan fingerprint density at radius 2 is 0.800 bits per heavy atom. The average Bonchev–Trinajstić information content (AvgIpc) is 3.16. The Bertz CT molecular complexity index is 2030. The van der Waals surface area contributed by atoms with E-state index in [1.54, 1.807) is 72.8 Å². The van der Waals surface area contributed by atoms with Gasteiger partial charge in [-0.05, 0) is 44.8 Å². The Labute approximate surface area is 287 Å². The summed E-state index contributed by atoms with van der Waals surface area (Å²) in [6.07, 6.45) is 0. The summed E-state index contributed by atoms with van der Waals surface area (Å²) in [7, 11) is 0. The van der Waals surface area contributed by atoms with Crippen molar-refractivity contribution >= 4 is 56.5 Å². The second-order valence-electron chi connectivity index (χ2n) is 11.6. The monoisotopic (exact) mass is 666 g/mol. The molecule has 0 fully saturated rings. The van der Waals surface area contributed by atoms with Crippen molar-refractivity contribution in [2.45, 2.75) is 12.1 Å². The number of benzene rings is 6. The van der Waals surface area contributed by atoms with Gasteiger partial charge in [0.2, 0.25) is 0 Å². The molecule has 6 aromatic rings. The summed E-state index contributed by atoms with van der Waals surface area (Å²) in [6.45, 7) is -0.831. The summed E-state index contributed by atoms with van der Waals surface area (Å²) in [5.41, 5.74) is 2.86. The first-order valence-electron chi connectivity index (χ1n) is 16.0. The van der Waals surface area contributed by atoms with E-state index in [9.17, 15) is 29.4 Å². The average molecular weight is 667 g/mol. The predicted octanol–water partition coefficient (Wildman–Crippen LogP) is 5.24. The molecular weight excluding hydrogens is 632 g/mol. The Kier molecular flexibility index (Phi) is 10.2. The van der Waals surface area contributed by atoms with E-state index < -0.39 is 48.9 Å². The predicted molar refractivity (Wildman–Crippen MR) is 193 cm³/mol. The molecule has 4 amide bonds. The summed E-state index contributed by atoms with van der Waals surface area (Å²) in [5, 5.41) is 33.7.